The highest BCUT2D eigenvalue weighted by molar-refractivity contribution is 7.98. The van der Waals surface area contributed by atoms with E-state index < -0.39 is 6.10 Å². The summed E-state index contributed by atoms with van der Waals surface area (Å²) in [6.45, 7) is 0. The minimum Gasteiger partial charge on any atom is -0.495 e. The van der Waals surface area contributed by atoms with E-state index in [2.05, 4.69) is 0 Å². The van der Waals surface area contributed by atoms with Gasteiger partial charge in [-0.05, 0) is 24.0 Å². The zero-order chi connectivity index (χ0) is 10.6. The van der Waals surface area contributed by atoms with Crippen molar-refractivity contribution in [1.82, 2.24) is 0 Å². The SMILES string of the molecule is COc1cc(C(O)CSC)ccc1Cl. The third-order valence-electron chi connectivity index (χ3n) is 1.88. The summed E-state index contributed by atoms with van der Waals surface area (Å²) in [6, 6.07) is 5.31. The second-order valence-corrected chi connectivity index (χ2v) is 4.18. The summed E-state index contributed by atoms with van der Waals surface area (Å²) in [4.78, 5) is 0. The molecule has 1 aromatic rings. The van der Waals surface area contributed by atoms with Gasteiger partial charge in [-0.25, -0.2) is 0 Å². The monoisotopic (exact) mass is 232 g/mol. The van der Waals surface area contributed by atoms with E-state index in [1.165, 1.54) is 0 Å². The molecule has 1 N–H and O–H groups in total. The van der Waals surface area contributed by atoms with Gasteiger partial charge in [0.2, 0.25) is 0 Å². The molecule has 0 amide bonds. The number of ether oxygens (including phenoxy) is 1. The Labute approximate surface area is 93.2 Å². The number of aliphatic hydroxyl groups is 1. The lowest BCUT2D eigenvalue weighted by Gasteiger charge is -2.11. The fraction of sp³-hybridized carbons (Fsp3) is 0.400. The van der Waals surface area contributed by atoms with E-state index in [1.807, 2.05) is 12.3 Å². The minimum atomic E-state index is -0.462. The van der Waals surface area contributed by atoms with Crippen LogP contribution in [0.1, 0.15) is 11.7 Å². The summed E-state index contributed by atoms with van der Waals surface area (Å²) in [6.07, 6.45) is 1.49. The maximum Gasteiger partial charge on any atom is 0.137 e. The molecule has 0 spiro atoms. The molecule has 1 atom stereocenters. The Hall–Kier alpha value is -0.380. The first kappa shape index (κ1) is 11.7. The van der Waals surface area contributed by atoms with Crippen molar-refractivity contribution in [2.45, 2.75) is 6.10 Å². The van der Waals surface area contributed by atoms with Crippen molar-refractivity contribution in [2.24, 2.45) is 0 Å². The minimum absolute atomic E-state index is 0.462. The van der Waals surface area contributed by atoms with Crippen LogP contribution in [-0.2, 0) is 0 Å². The van der Waals surface area contributed by atoms with Gasteiger partial charge in [0.25, 0.3) is 0 Å². The first-order chi connectivity index (χ1) is 6.69. The number of methoxy groups -OCH3 is 1. The lowest BCUT2D eigenvalue weighted by Crippen LogP contribution is -2.00. The largest absolute Gasteiger partial charge is 0.495 e. The molecule has 4 heteroatoms. The predicted octanol–water partition coefficient (Wildman–Crippen LogP) is 2.75. The Kier molecular flexibility index (Phi) is 4.58. The first-order valence-corrected chi connectivity index (χ1v) is 5.96. The quantitative estimate of drug-likeness (QED) is 0.866. The van der Waals surface area contributed by atoms with Gasteiger partial charge in [0.15, 0.2) is 0 Å². The summed E-state index contributed by atoms with van der Waals surface area (Å²) < 4.78 is 5.06. The average molecular weight is 233 g/mol. The van der Waals surface area contributed by atoms with Crippen LogP contribution in [-0.4, -0.2) is 24.2 Å². The van der Waals surface area contributed by atoms with Crippen LogP contribution in [0.2, 0.25) is 5.02 Å². The first-order valence-electron chi connectivity index (χ1n) is 4.19. The molecule has 0 saturated heterocycles. The summed E-state index contributed by atoms with van der Waals surface area (Å²) in [7, 11) is 1.56. The predicted molar refractivity (Wildman–Crippen MR) is 61.3 cm³/mol. The van der Waals surface area contributed by atoms with Crippen molar-refractivity contribution in [3.05, 3.63) is 28.8 Å². The van der Waals surface area contributed by atoms with Crippen LogP contribution in [0.25, 0.3) is 0 Å². The highest BCUT2D eigenvalue weighted by atomic mass is 35.5. The smallest absolute Gasteiger partial charge is 0.137 e. The fourth-order valence-electron chi connectivity index (χ4n) is 1.14. The van der Waals surface area contributed by atoms with E-state index in [4.69, 9.17) is 16.3 Å². The van der Waals surface area contributed by atoms with E-state index in [0.717, 1.165) is 5.56 Å². The summed E-state index contributed by atoms with van der Waals surface area (Å²) in [5.41, 5.74) is 0.834. The van der Waals surface area contributed by atoms with Gasteiger partial charge in [-0.15, -0.1) is 0 Å². The Balaban J connectivity index is 2.88. The Bertz CT molecular complexity index is 304. The van der Waals surface area contributed by atoms with Gasteiger partial charge in [-0.2, -0.15) is 11.8 Å². The van der Waals surface area contributed by atoms with Crippen molar-refractivity contribution < 1.29 is 9.84 Å². The van der Waals surface area contributed by atoms with E-state index in [9.17, 15) is 5.11 Å². The molecule has 1 rings (SSSR count). The van der Waals surface area contributed by atoms with Crippen molar-refractivity contribution in [2.75, 3.05) is 19.1 Å². The molecule has 1 aromatic carbocycles. The van der Waals surface area contributed by atoms with Crippen LogP contribution < -0.4 is 4.74 Å². The Morgan fingerprint density at radius 1 is 1.57 bits per heavy atom. The molecule has 0 fully saturated rings. The molecular formula is C10H13ClO2S. The number of halogens is 1. The van der Waals surface area contributed by atoms with Gasteiger partial charge in [0, 0.05) is 5.75 Å². The van der Waals surface area contributed by atoms with Gasteiger partial charge in [0.1, 0.15) is 5.75 Å². The van der Waals surface area contributed by atoms with Crippen LogP contribution in [0.3, 0.4) is 0 Å². The lowest BCUT2D eigenvalue weighted by molar-refractivity contribution is 0.203. The number of thioether (sulfide) groups is 1. The van der Waals surface area contributed by atoms with Crippen molar-refractivity contribution in [1.29, 1.82) is 0 Å². The molecule has 0 bridgehead atoms. The zero-order valence-corrected chi connectivity index (χ0v) is 9.73. The van der Waals surface area contributed by atoms with E-state index in [-0.39, 0.29) is 0 Å². The highest BCUT2D eigenvalue weighted by Crippen LogP contribution is 2.28. The third-order valence-corrected chi connectivity index (χ3v) is 2.85. The van der Waals surface area contributed by atoms with Crippen molar-refractivity contribution in [3.8, 4) is 5.75 Å². The number of rotatable bonds is 4. The molecule has 0 saturated carbocycles. The highest BCUT2D eigenvalue weighted by Gasteiger charge is 2.09. The molecule has 0 aliphatic heterocycles. The van der Waals surface area contributed by atoms with E-state index >= 15 is 0 Å². The molecule has 78 valence electrons. The molecule has 0 aromatic heterocycles. The molecule has 14 heavy (non-hydrogen) atoms. The Morgan fingerprint density at radius 2 is 2.29 bits per heavy atom. The van der Waals surface area contributed by atoms with Gasteiger partial charge in [0.05, 0.1) is 18.2 Å². The molecule has 0 heterocycles. The number of aliphatic hydroxyl groups excluding tert-OH is 1. The summed E-state index contributed by atoms with van der Waals surface area (Å²) in [5.74, 6) is 1.27. The van der Waals surface area contributed by atoms with Gasteiger partial charge in [-0.3, -0.25) is 0 Å². The Morgan fingerprint density at radius 3 is 2.86 bits per heavy atom. The molecular weight excluding hydrogens is 220 g/mol. The average Bonchev–Trinajstić information content (AvgIpc) is 2.19. The number of hydrogen-bond acceptors (Lipinski definition) is 3. The summed E-state index contributed by atoms with van der Waals surface area (Å²) in [5, 5.41) is 10.3. The molecule has 2 nitrogen and oxygen atoms in total. The molecule has 0 aliphatic carbocycles. The van der Waals surface area contributed by atoms with Crippen molar-refractivity contribution in [3.63, 3.8) is 0 Å². The van der Waals surface area contributed by atoms with Gasteiger partial charge >= 0.3 is 0 Å². The topological polar surface area (TPSA) is 29.5 Å². The zero-order valence-electron chi connectivity index (χ0n) is 8.16. The summed E-state index contributed by atoms with van der Waals surface area (Å²) >= 11 is 7.46. The molecule has 0 radical (unpaired) electrons. The van der Waals surface area contributed by atoms with Crippen LogP contribution in [0.4, 0.5) is 0 Å². The van der Waals surface area contributed by atoms with Crippen LogP contribution >= 0.6 is 23.4 Å². The fourth-order valence-corrected chi connectivity index (χ4v) is 1.84. The van der Waals surface area contributed by atoms with Gasteiger partial charge in [-0.1, -0.05) is 17.7 Å². The molecule has 0 aliphatic rings. The maximum atomic E-state index is 9.71. The van der Waals surface area contributed by atoms with Crippen LogP contribution in [0, 0.1) is 0 Å². The van der Waals surface area contributed by atoms with Crippen LogP contribution in [0.5, 0.6) is 5.75 Å². The lowest BCUT2D eigenvalue weighted by atomic mass is 10.1. The second kappa shape index (κ2) is 5.49. The van der Waals surface area contributed by atoms with Crippen LogP contribution in [0.15, 0.2) is 18.2 Å². The number of hydrogen-bond donors (Lipinski definition) is 1. The molecule has 1 unspecified atom stereocenters. The standard InChI is InChI=1S/C10H13ClO2S/c1-13-10-5-7(3-4-8(10)11)9(12)6-14-2/h3-5,9,12H,6H2,1-2H3. The second-order valence-electron chi connectivity index (χ2n) is 2.87. The normalized spacial score (nSPS) is 12.6. The van der Waals surface area contributed by atoms with Gasteiger partial charge < -0.3 is 9.84 Å². The maximum absolute atomic E-state index is 9.71. The number of benzene rings is 1. The van der Waals surface area contributed by atoms with E-state index in [1.54, 1.807) is 31.0 Å². The van der Waals surface area contributed by atoms with E-state index in [0.29, 0.717) is 16.5 Å². The third kappa shape index (κ3) is 2.80. The van der Waals surface area contributed by atoms with Crippen molar-refractivity contribution >= 4 is 23.4 Å².